The fraction of sp³-hybridized carbons (Fsp3) is 0.854. The van der Waals surface area contributed by atoms with Crippen LogP contribution in [-0.4, -0.2) is 438 Å². The summed E-state index contributed by atoms with van der Waals surface area (Å²) >= 11 is 0. The molecule has 10 aliphatic rings. The van der Waals surface area contributed by atoms with Crippen molar-refractivity contribution in [1.82, 2.24) is 71.7 Å². The van der Waals surface area contributed by atoms with E-state index in [0.29, 0.717) is 63.3 Å². The third kappa shape index (κ3) is 34.5. The van der Waals surface area contributed by atoms with Gasteiger partial charge in [0.2, 0.25) is 35.4 Å². The molecule has 10 fully saturated rings. The lowest BCUT2D eigenvalue weighted by Crippen LogP contribution is -2.68. The van der Waals surface area contributed by atoms with Gasteiger partial charge in [0.05, 0.1) is 141 Å². The maximum Gasteiger partial charge on any atom is 0.303 e. The van der Waals surface area contributed by atoms with E-state index in [2.05, 4.69) is 52.5 Å². The Kier molecular flexibility index (Phi) is 47.4. The molecule has 2 aromatic heterocycles. The molecule has 12 rings (SSSR count). The molecule has 18 unspecified atom stereocenters. The number of carbonyl (C=O) groups excluding carboxylic acids is 8. The van der Waals surface area contributed by atoms with Crippen molar-refractivity contribution in [2.75, 3.05) is 118 Å². The van der Waals surface area contributed by atoms with E-state index in [0.717, 1.165) is 77.0 Å². The molecule has 0 spiro atoms. The number of aliphatic hydroxyl groups excluding tert-OH is 10. The van der Waals surface area contributed by atoms with Gasteiger partial charge in [0.15, 0.2) is 25.2 Å². The molecule has 832 valence electrons. The van der Waals surface area contributed by atoms with E-state index < -0.39 is 257 Å². The van der Waals surface area contributed by atoms with Gasteiger partial charge in [0.25, 0.3) is 11.8 Å². The minimum Gasteiger partial charge on any atom is -0.481 e. The molecule has 0 aromatic carbocycles. The number of carboxylic acids is 2. The van der Waals surface area contributed by atoms with E-state index in [9.17, 15) is 99.0 Å². The van der Waals surface area contributed by atoms with Crippen molar-refractivity contribution in [3.05, 3.63) is 23.8 Å². The third-order valence-electron chi connectivity index (χ3n) is 29.3. The summed E-state index contributed by atoms with van der Waals surface area (Å²) < 4.78 is 96.8. The molecule has 6 aliphatic heterocycles. The quantitative estimate of drug-likeness (QED) is 0.0280. The van der Waals surface area contributed by atoms with Crippen LogP contribution in [0.5, 0.6) is 0 Å². The van der Waals surface area contributed by atoms with Crippen LogP contribution in [0.3, 0.4) is 0 Å². The topological polar surface area (TPSA) is 692 Å². The maximum absolute atomic E-state index is 14.7. The zero-order chi connectivity index (χ0) is 105. The van der Waals surface area contributed by atoms with Gasteiger partial charge in [-0.05, 0) is 88.9 Å². The molecule has 6 saturated heterocycles. The van der Waals surface area contributed by atoms with Gasteiger partial charge in [-0.2, -0.15) is 0 Å². The highest BCUT2D eigenvalue weighted by molar-refractivity contribution is 5.84. The predicted molar refractivity (Wildman–Crippen MR) is 504 cm³/mol. The number of ether oxygens (including phenoxy) is 15. The number of carbonyl (C=O) groups is 10. The number of likely N-dealkylation sites (tertiary alicyclic amines) is 2. The van der Waals surface area contributed by atoms with Gasteiger partial charge < -0.3 is 174 Å². The van der Waals surface area contributed by atoms with Crippen molar-refractivity contribution in [1.29, 1.82) is 0 Å². The van der Waals surface area contributed by atoms with E-state index in [-0.39, 0.29) is 167 Å². The number of hydrogen-bond donors (Lipinski definition) is 18. The fourth-order valence-electron chi connectivity index (χ4n) is 20.7. The number of aliphatic carboxylic acids is 2. The van der Waals surface area contributed by atoms with Crippen LogP contribution < -0.4 is 31.9 Å². The Bertz CT molecular complexity index is 4140. The lowest BCUT2D eigenvalue weighted by molar-refractivity contribution is -0.338. The molecule has 30 atom stereocenters. The van der Waals surface area contributed by atoms with Crippen molar-refractivity contribution in [2.45, 2.75) is 367 Å². The summed E-state index contributed by atoms with van der Waals surface area (Å²) in [6.45, 7) is 7.26. The van der Waals surface area contributed by atoms with Gasteiger partial charge in [-0.25, -0.2) is 9.36 Å². The zero-order valence-corrected chi connectivity index (χ0v) is 84.3. The molecule has 2 aromatic rings. The minimum absolute atomic E-state index is 0.0245. The van der Waals surface area contributed by atoms with Crippen LogP contribution in [0, 0.1) is 35.5 Å². The van der Waals surface area contributed by atoms with Crippen LogP contribution in [0.25, 0.3) is 0 Å². The van der Waals surface area contributed by atoms with Gasteiger partial charge in [0, 0.05) is 77.0 Å². The highest BCUT2D eigenvalue weighted by atomic mass is 16.8. The normalized spacial score (nSPS) is 32.3. The van der Waals surface area contributed by atoms with Crippen molar-refractivity contribution in [2.24, 2.45) is 35.5 Å². The van der Waals surface area contributed by atoms with E-state index in [1.54, 1.807) is 9.80 Å². The van der Waals surface area contributed by atoms with Crippen LogP contribution >= 0.6 is 0 Å². The zero-order valence-electron chi connectivity index (χ0n) is 84.3. The van der Waals surface area contributed by atoms with E-state index >= 15 is 0 Å². The Labute approximate surface area is 852 Å². The molecule has 18 N–H and O–H groups in total. The van der Waals surface area contributed by atoms with Crippen LogP contribution in [0.1, 0.15) is 193 Å². The first-order chi connectivity index (χ1) is 70.8. The number of hydrogen-bond acceptors (Lipinski definition) is 39. The van der Waals surface area contributed by atoms with E-state index in [1.807, 2.05) is 13.8 Å². The van der Waals surface area contributed by atoms with Crippen LogP contribution in [0.4, 0.5) is 0 Å². The molecular weight excluding hydrogens is 1940 g/mol. The summed E-state index contributed by atoms with van der Waals surface area (Å²) in [5, 5.41) is 164. The summed E-state index contributed by atoms with van der Waals surface area (Å²) in [4.78, 5) is 137. The third-order valence-corrected chi connectivity index (χ3v) is 29.3. The Morgan fingerprint density at radius 2 is 0.769 bits per heavy atom. The number of rotatable bonds is 58. The first-order valence-electron chi connectivity index (χ1n) is 52.3. The van der Waals surface area contributed by atoms with Crippen LogP contribution in [0.2, 0.25) is 0 Å². The largest absolute Gasteiger partial charge is 0.481 e. The summed E-state index contributed by atoms with van der Waals surface area (Å²) in [6.07, 6.45) is -20.6. The second-order valence-electron chi connectivity index (χ2n) is 40.0. The van der Waals surface area contributed by atoms with E-state index in [1.165, 1.54) is 35.6 Å². The highest BCUT2D eigenvalue weighted by Crippen LogP contribution is 2.44. The summed E-state index contributed by atoms with van der Waals surface area (Å²) in [5.41, 5.74) is 0.677. The standard InChI is InChI=1S/C96H156N14O37/c1-5-57-41-59(89(129)99-25-23-97-69(113)19-21-73(117)118)43-63(85(57)146-95-83(127)81(125)77(121)53(3)138-95)142-93-75(87(79(123)67(49-111)144-93)140-65(91(131)107-27-13-28-107)39-55-15-9-7-10-16-55)101-71(115)47-109-45-61(103-105-109)51-136-37-35-134-33-31-133-32-34-135-36-38-137-52-62-46-110(106-104-62)48-72(116)102-76-88(141-66(92(132)108-29-14-30-108)40-56-17-11-8-12-18-56)80(124)68(50-112)145-94(76)143-64-44-60(90(130)100-26-24-98-70(114)20-22-74(119)120)42-58(6-2)86(64)147-96-84(128)82(126)78(122)54(4)139-96/h45-46,53-60,63-68,75-88,93-96,111-112,121-128H,5-44,47-52H2,1-4H3,(H,97,113)(H,98,114)(H,99,129)(H,100,130)(H,101,115)(H,102,116)(H,117,118)(H,119,120)/t53?,54?,57?,58?,59?,60?,63-,64-,65+,66+,67?,68?,75?,76?,77-,78-,79+,80+,81?,82?,83?,84?,85?,86?,87?,88?,93-,94-,95+,96+/m1/s1. The second kappa shape index (κ2) is 59.3. The smallest absolute Gasteiger partial charge is 0.303 e. The first kappa shape index (κ1) is 118. The van der Waals surface area contributed by atoms with Gasteiger partial charge in [-0.15, -0.1) is 10.2 Å². The fourth-order valence-corrected chi connectivity index (χ4v) is 20.7. The second-order valence-corrected chi connectivity index (χ2v) is 40.0. The Hall–Kier alpha value is -8.02. The molecule has 4 aliphatic carbocycles. The van der Waals surface area contributed by atoms with Gasteiger partial charge in [0.1, 0.15) is 122 Å². The van der Waals surface area contributed by atoms with E-state index in [4.69, 9.17) is 81.3 Å². The number of nitrogens with one attached hydrogen (secondary N) is 6. The first-order valence-corrected chi connectivity index (χ1v) is 52.3. The molecule has 4 saturated carbocycles. The lowest BCUT2D eigenvalue weighted by atomic mass is 9.75. The van der Waals surface area contributed by atoms with Crippen molar-refractivity contribution < 1.29 is 180 Å². The minimum atomic E-state index is -1.76. The highest BCUT2D eigenvalue weighted by Gasteiger charge is 2.57. The summed E-state index contributed by atoms with van der Waals surface area (Å²) in [5.74, 6) is -8.93. The molecule has 0 radical (unpaired) electrons. The summed E-state index contributed by atoms with van der Waals surface area (Å²) in [6, 6.07) is -2.96. The summed E-state index contributed by atoms with van der Waals surface area (Å²) in [7, 11) is 0. The lowest BCUT2D eigenvalue weighted by Gasteiger charge is -2.49. The molecule has 51 heteroatoms. The molecule has 8 amide bonds. The molecule has 147 heavy (non-hydrogen) atoms. The Morgan fingerprint density at radius 1 is 0.408 bits per heavy atom. The van der Waals surface area contributed by atoms with Crippen LogP contribution in [-0.2, 0) is 145 Å². The molecule has 8 heterocycles. The Balaban J connectivity index is 0.616. The van der Waals surface area contributed by atoms with Crippen molar-refractivity contribution >= 4 is 59.2 Å². The van der Waals surface area contributed by atoms with Crippen molar-refractivity contribution in [3.63, 3.8) is 0 Å². The average Bonchev–Trinajstić information content (AvgIpc) is 1.07. The monoisotopic (exact) mass is 2100 g/mol. The average molecular weight is 2100 g/mol. The van der Waals surface area contributed by atoms with Gasteiger partial charge in [-0.1, -0.05) is 101 Å². The number of aliphatic hydroxyl groups is 10. The number of aromatic nitrogens is 6. The number of carboxylic acid groups (broad SMARTS) is 2. The SMILES string of the molecule is CCC1CC(C(=O)NCCNC(=O)CCC(=O)O)C[C@@H](O[C@@H]2OC(CO)[C@H](O)C(O[C@@H](CC3CCCCC3)C(=O)N3CCC3)C2NC(=O)Cn2cc(COCCOCCOCCOCCOCc3cn(CC(=O)NC4C(O[C@@H](CC5CCCCC5)C(=O)N5CCC5)[C@@H](O)C(CO)O[C@H]4O[C@@H]4CC(C(=O)NCCNC(=O)CCC(=O)O)CC(CC)C4O[C@@H]4OC(C)[C@@H](O)C(O)C4O)nn3)nn2)C1O[C@@H]1OC(C)[C@@H](O)C(O)C1O. The van der Waals surface area contributed by atoms with Gasteiger partial charge in [-0.3, -0.25) is 47.9 Å². The maximum atomic E-state index is 14.7. The number of amides is 8. The molecule has 51 nitrogen and oxygen atoms in total. The van der Waals surface area contributed by atoms with Gasteiger partial charge >= 0.3 is 11.9 Å². The molecular formula is C96H156N14O37. The predicted octanol–water partition coefficient (Wildman–Crippen LogP) is -4.05. The Morgan fingerprint density at radius 3 is 1.11 bits per heavy atom. The number of nitrogens with zero attached hydrogens (tertiary/aromatic N) is 8. The van der Waals surface area contributed by atoms with Crippen LogP contribution in [0.15, 0.2) is 12.4 Å². The molecule has 0 bridgehead atoms. The van der Waals surface area contributed by atoms with Crippen molar-refractivity contribution in [3.8, 4) is 0 Å².